The molecule has 0 bridgehead atoms. The molecule has 126 valence electrons. The maximum atomic E-state index is 12.0. The van der Waals surface area contributed by atoms with E-state index >= 15 is 0 Å². The molecule has 2 N–H and O–H groups in total. The molecule has 6 heteroatoms. The number of hydrogen-bond donors (Lipinski definition) is 2. The van der Waals surface area contributed by atoms with Crippen molar-refractivity contribution < 1.29 is 14.3 Å². The number of halogens is 1. The number of amides is 2. The van der Waals surface area contributed by atoms with Crippen LogP contribution in [0.25, 0.3) is 0 Å². The highest BCUT2D eigenvalue weighted by molar-refractivity contribution is 9.10. The van der Waals surface area contributed by atoms with Crippen molar-refractivity contribution in [3.63, 3.8) is 0 Å². The molecule has 0 aliphatic rings. The Kier molecular flexibility index (Phi) is 6.37. The van der Waals surface area contributed by atoms with Gasteiger partial charge in [0, 0.05) is 16.7 Å². The molecule has 0 saturated heterocycles. The molecule has 0 aliphatic heterocycles. The van der Waals surface area contributed by atoms with Gasteiger partial charge in [0.15, 0.2) is 0 Å². The maximum Gasteiger partial charge on any atom is 0.313 e. The Labute approximate surface area is 149 Å². The number of aryl methyl sites for hydroxylation is 1. The smallest absolute Gasteiger partial charge is 0.313 e. The first-order chi connectivity index (χ1) is 11.5. The summed E-state index contributed by atoms with van der Waals surface area (Å²) in [6, 6.07) is 13.0. The fraction of sp³-hybridized carbons (Fsp3) is 0.222. The van der Waals surface area contributed by atoms with Crippen LogP contribution in [-0.2, 0) is 16.0 Å². The van der Waals surface area contributed by atoms with Crippen molar-refractivity contribution in [2.24, 2.45) is 0 Å². The fourth-order valence-electron chi connectivity index (χ4n) is 2.25. The molecular weight excluding hydrogens is 372 g/mol. The van der Waals surface area contributed by atoms with Gasteiger partial charge in [-0.15, -0.1) is 0 Å². The van der Waals surface area contributed by atoms with Crippen molar-refractivity contribution >= 4 is 33.4 Å². The van der Waals surface area contributed by atoms with Crippen molar-refractivity contribution in [1.29, 1.82) is 0 Å². The maximum absolute atomic E-state index is 12.0. The van der Waals surface area contributed by atoms with Gasteiger partial charge in [-0.25, -0.2) is 0 Å². The molecule has 0 fully saturated rings. The molecule has 0 saturated carbocycles. The van der Waals surface area contributed by atoms with Crippen molar-refractivity contribution in [3.05, 3.63) is 58.1 Å². The van der Waals surface area contributed by atoms with Crippen LogP contribution in [0, 0.1) is 6.92 Å². The predicted octanol–water partition coefficient (Wildman–Crippen LogP) is 3.06. The number of anilines is 1. The summed E-state index contributed by atoms with van der Waals surface area (Å²) in [5.74, 6) is -0.575. The number of carbonyl (C=O) groups excluding carboxylic acids is 2. The normalized spacial score (nSPS) is 10.1. The highest BCUT2D eigenvalue weighted by atomic mass is 79.9. The summed E-state index contributed by atoms with van der Waals surface area (Å²) in [7, 11) is 1.60. The van der Waals surface area contributed by atoms with E-state index in [4.69, 9.17) is 4.74 Å². The molecule has 2 aromatic carbocycles. The first-order valence-corrected chi connectivity index (χ1v) is 8.28. The van der Waals surface area contributed by atoms with E-state index in [0.29, 0.717) is 18.7 Å². The third-order valence-electron chi connectivity index (χ3n) is 3.52. The molecule has 0 radical (unpaired) electrons. The standard InChI is InChI=1S/C18H19BrN2O3/c1-12-11-14(19)7-8-15(12)21-18(23)17(22)20-10-9-13-5-3-4-6-16(13)24-2/h3-8,11H,9-10H2,1-2H3,(H,20,22)(H,21,23). The van der Waals surface area contributed by atoms with E-state index in [1.165, 1.54) is 0 Å². The SMILES string of the molecule is COc1ccccc1CCNC(=O)C(=O)Nc1ccc(Br)cc1C. The van der Waals surface area contributed by atoms with Gasteiger partial charge < -0.3 is 15.4 Å². The van der Waals surface area contributed by atoms with Crippen LogP contribution in [0.3, 0.4) is 0 Å². The van der Waals surface area contributed by atoms with Crippen LogP contribution >= 0.6 is 15.9 Å². The van der Waals surface area contributed by atoms with E-state index in [0.717, 1.165) is 21.3 Å². The molecule has 2 amide bonds. The minimum atomic E-state index is -0.680. The molecule has 0 aromatic heterocycles. The van der Waals surface area contributed by atoms with Gasteiger partial charge in [-0.2, -0.15) is 0 Å². The van der Waals surface area contributed by atoms with Crippen LogP contribution in [0.5, 0.6) is 5.75 Å². The lowest BCUT2D eigenvalue weighted by Gasteiger charge is -2.10. The molecule has 0 unspecified atom stereocenters. The van der Waals surface area contributed by atoms with Gasteiger partial charge in [-0.05, 0) is 48.7 Å². The number of para-hydroxylation sites is 1. The third kappa shape index (κ3) is 4.83. The Morgan fingerprint density at radius 2 is 1.88 bits per heavy atom. The lowest BCUT2D eigenvalue weighted by atomic mass is 10.1. The number of nitrogens with one attached hydrogen (secondary N) is 2. The van der Waals surface area contributed by atoms with E-state index in [1.54, 1.807) is 13.2 Å². The van der Waals surface area contributed by atoms with Crippen molar-refractivity contribution in [3.8, 4) is 5.75 Å². The Balaban J connectivity index is 1.87. The molecule has 0 spiro atoms. The van der Waals surface area contributed by atoms with Crippen molar-refractivity contribution in [1.82, 2.24) is 5.32 Å². The number of methoxy groups -OCH3 is 1. The fourth-order valence-corrected chi connectivity index (χ4v) is 2.72. The summed E-state index contributed by atoms with van der Waals surface area (Å²) in [6.07, 6.45) is 0.584. The largest absolute Gasteiger partial charge is 0.496 e. The van der Waals surface area contributed by atoms with E-state index in [1.807, 2.05) is 43.3 Å². The molecular formula is C18H19BrN2O3. The van der Waals surface area contributed by atoms with E-state index in [9.17, 15) is 9.59 Å². The van der Waals surface area contributed by atoms with Crippen LogP contribution in [0.2, 0.25) is 0 Å². The molecule has 2 rings (SSSR count). The Hall–Kier alpha value is -2.34. The van der Waals surface area contributed by atoms with Gasteiger partial charge in [0.2, 0.25) is 0 Å². The summed E-state index contributed by atoms with van der Waals surface area (Å²) in [6.45, 7) is 2.21. The third-order valence-corrected chi connectivity index (χ3v) is 4.01. The molecule has 5 nitrogen and oxygen atoms in total. The summed E-state index contributed by atoms with van der Waals surface area (Å²) >= 11 is 3.36. The second kappa shape index (κ2) is 8.49. The van der Waals surface area contributed by atoms with Crippen LogP contribution in [-0.4, -0.2) is 25.5 Å². The average molecular weight is 391 g/mol. The molecule has 0 heterocycles. The van der Waals surface area contributed by atoms with Crippen LogP contribution in [0.4, 0.5) is 5.69 Å². The lowest BCUT2D eigenvalue weighted by molar-refractivity contribution is -0.136. The summed E-state index contributed by atoms with van der Waals surface area (Å²) < 4.78 is 6.17. The van der Waals surface area contributed by atoms with Gasteiger partial charge in [-0.1, -0.05) is 34.1 Å². The van der Waals surface area contributed by atoms with Crippen molar-refractivity contribution in [2.75, 3.05) is 19.0 Å². The van der Waals surface area contributed by atoms with Gasteiger partial charge in [0.05, 0.1) is 7.11 Å². The quantitative estimate of drug-likeness (QED) is 0.770. The Morgan fingerprint density at radius 3 is 2.58 bits per heavy atom. The first-order valence-electron chi connectivity index (χ1n) is 7.48. The minimum absolute atomic E-state index is 0.353. The zero-order valence-corrected chi connectivity index (χ0v) is 15.1. The van der Waals surface area contributed by atoms with E-state index in [2.05, 4.69) is 26.6 Å². The van der Waals surface area contributed by atoms with Crippen LogP contribution < -0.4 is 15.4 Å². The van der Waals surface area contributed by atoms with Gasteiger partial charge in [-0.3, -0.25) is 9.59 Å². The van der Waals surface area contributed by atoms with Gasteiger partial charge >= 0.3 is 11.8 Å². The summed E-state index contributed by atoms with van der Waals surface area (Å²) in [5, 5.41) is 5.23. The predicted molar refractivity (Wildman–Crippen MR) is 97.2 cm³/mol. The minimum Gasteiger partial charge on any atom is -0.496 e. The molecule has 2 aromatic rings. The van der Waals surface area contributed by atoms with Crippen LogP contribution in [0.15, 0.2) is 46.9 Å². The molecule has 0 aliphatic carbocycles. The zero-order valence-electron chi connectivity index (χ0n) is 13.6. The topological polar surface area (TPSA) is 67.4 Å². The van der Waals surface area contributed by atoms with Crippen LogP contribution in [0.1, 0.15) is 11.1 Å². The Morgan fingerprint density at radius 1 is 1.12 bits per heavy atom. The number of benzene rings is 2. The van der Waals surface area contributed by atoms with Gasteiger partial charge in [0.25, 0.3) is 0 Å². The first kappa shape index (κ1) is 18.0. The van der Waals surface area contributed by atoms with E-state index < -0.39 is 11.8 Å². The van der Waals surface area contributed by atoms with Crippen molar-refractivity contribution in [2.45, 2.75) is 13.3 Å². The van der Waals surface area contributed by atoms with E-state index in [-0.39, 0.29) is 0 Å². The zero-order chi connectivity index (χ0) is 17.5. The summed E-state index contributed by atoms with van der Waals surface area (Å²) in [4.78, 5) is 23.9. The number of hydrogen-bond acceptors (Lipinski definition) is 3. The number of rotatable bonds is 5. The number of carbonyl (C=O) groups is 2. The molecule has 24 heavy (non-hydrogen) atoms. The summed E-state index contributed by atoms with van der Waals surface area (Å²) in [5.41, 5.74) is 2.46. The lowest BCUT2D eigenvalue weighted by Crippen LogP contribution is -2.36. The average Bonchev–Trinajstić information content (AvgIpc) is 2.57. The monoisotopic (exact) mass is 390 g/mol. The molecule has 0 atom stereocenters. The second-order valence-electron chi connectivity index (χ2n) is 5.23. The Bertz CT molecular complexity index is 747. The highest BCUT2D eigenvalue weighted by Crippen LogP contribution is 2.20. The second-order valence-corrected chi connectivity index (χ2v) is 6.15. The highest BCUT2D eigenvalue weighted by Gasteiger charge is 2.14. The van der Waals surface area contributed by atoms with Gasteiger partial charge in [0.1, 0.15) is 5.75 Å². The number of ether oxygens (including phenoxy) is 1.